The molecule has 5 nitrogen and oxygen atoms in total. The van der Waals surface area contributed by atoms with E-state index in [1.807, 2.05) is 0 Å². The Bertz CT molecular complexity index is 469. The average molecular weight is 263 g/mol. The summed E-state index contributed by atoms with van der Waals surface area (Å²) < 4.78 is 0. The van der Waals surface area contributed by atoms with Crippen molar-refractivity contribution in [1.29, 1.82) is 0 Å². The highest BCUT2D eigenvalue weighted by atomic mass is 16.4. The van der Waals surface area contributed by atoms with E-state index in [1.165, 1.54) is 0 Å². The molecule has 1 aliphatic rings. The Labute approximate surface area is 111 Å². The third-order valence-corrected chi connectivity index (χ3v) is 3.56. The fourth-order valence-electron chi connectivity index (χ4n) is 2.39. The maximum absolute atomic E-state index is 11.9. The van der Waals surface area contributed by atoms with E-state index in [4.69, 9.17) is 10.2 Å². The number of carbonyl (C=O) groups excluding carboxylic acids is 1. The number of phenols is 1. The van der Waals surface area contributed by atoms with E-state index in [0.29, 0.717) is 25.8 Å². The van der Waals surface area contributed by atoms with Crippen molar-refractivity contribution in [3.05, 3.63) is 29.8 Å². The van der Waals surface area contributed by atoms with Gasteiger partial charge in [0, 0.05) is 12.5 Å². The Hall–Kier alpha value is -2.04. The number of benzene rings is 1. The molecule has 0 unspecified atom stereocenters. The molecule has 1 aromatic rings. The van der Waals surface area contributed by atoms with Gasteiger partial charge < -0.3 is 15.5 Å². The van der Waals surface area contributed by atoms with Crippen LogP contribution in [-0.2, 0) is 16.1 Å². The maximum atomic E-state index is 11.9. The maximum Gasteiger partial charge on any atom is 0.306 e. The van der Waals surface area contributed by atoms with Gasteiger partial charge in [0.15, 0.2) is 0 Å². The zero-order chi connectivity index (χ0) is 13.8. The third-order valence-electron chi connectivity index (χ3n) is 3.56. The van der Waals surface area contributed by atoms with Crippen molar-refractivity contribution in [3.63, 3.8) is 0 Å². The van der Waals surface area contributed by atoms with Gasteiger partial charge in [-0.2, -0.15) is 0 Å². The summed E-state index contributed by atoms with van der Waals surface area (Å²) in [6.45, 7) is 0.396. The largest absolute Gasteiger partial charge is 0.508 e. The second kappa shape index (κ2) is 5.73. The molecule has 0 radical (unpaired) electrons. The number of nitrogens with one attached hydrogen (secondary N) is 1. The molecule has 2 atom stereocenters. The lowest BCUT2D eigenvalue weighted by molar-refractivity contribution is -0.141. The number of aliphatic carboxylic acids is 1. The molecule has 0 bridgehead atoms. The molecule has 1 fully saturated rings. The molecule has 1 amide bonds. The van der Waals surface area contributed by atoms with Crippen LogP contribution < -0.4 is 5.32 Å². The van der Waals surface area contributed by atoms with Crippen molar-refractivity contribution in [2.24, 2.45) is 11.8 Å². The Morgan fingerprint density at radius 1 is 1.16 bits per heavy atom. The molecule has 1 saturated carbocycles. The van der Waals surface area contributed by atoms with Crippen molar-refractivity contribution in [2.45, 2.75) is 25.8 Å². The lowest BCUT2D eigenvalue weighted by atomic mass is 10.0. The number of phenolic OH excluding ortho intramolecular Hbond substituents is 1. The molecule has 19 heavy (non-hydrogen) atoms. The topological polar surface area (TPSA) is 86.6 Å². The van der Waals surface area contributed by atoms with E-state index < -0.39 is 5.97 Å². The first-order valence-electron chi connectivity index (χ1n) is 6.34. The fraction of sp³-hybridized carbons (Fsp3) is 0.429. The van der Waals surface area contributed by atoms with E-state index in [2.05, 4.69) is 5.32 Å². The minimum Gasteiger partial charge on any atom is -0.508 e. The van der Waals surface area contributed by atoms with Crippen LogP contribution >= 0.6 is 0 Å². The predicted molar refractivity (Wildman–Crippen MR) is 68.4 cm³/mol. The summed E-state index contributed by atoms with van der Waals surface area (Å²) in [5.74, 6) is -1.29. The van der Waals surface area contributed by atoms with Gasteiger partial charge in [-0.3, -0.25) is 9.59 Å². The summed E-state index contributed by atoms with van der Waals surface area (Å²) in [5, 5.41) is 20.8. The molecule has 5 heteroatoms. The molecular formula is C14H17NO4. The van der Waals surface area contributed by atoms with Gasteiger partial charge in [0.1, 0.15) is 5.75 Å². The quantitative estimate of drug-likeness (QED) is 0.768. The Morgan fingerprint density at radius 2 is 1.79 bits per heavy atom. The molecular weight excluding hydrogens is 246 g/mol. The van der Waals surface area contributed by atoms with Crippen molar-refractivity contribution in [2.75, 3.05) is 0 Å². The molecule has 0 aliphatic heterocycles. The first-order valence-corrected chi connectivity index (χ1v) is 6.34. The van der Waals surface area contributed by atoms with Gasteiger partial charge in [0.05, 0.1) is 5.92 Å². The summed E-state index contributed by atoms with van der Waals surface area (Å²) in [4.78, 5) is 22.7. The molecule has 102 valence electrons. The SMILES string of the molecule is O=C(O)[C@H]1CC[C@@H](C(=O)NCc2ccc(O)cc2)C1. The highest BCUT2D eigenvalue weighted by Crippen LogP contribution is 2.31. The third kappa shape index (κ3) is 3.47. The van der Waals surface area contributed by atoms with Crippen molar-refractivity contribution in [1.82, 2.24) is 5.32 Å². The van der Waals surface area contributed by atoms with Crippen LogP contribution in [-0.4, -0.2) is 22.1 Å². The summed E-state index contributed by atoms with van der Waals surface area (Å²) in [6, 6.07) is 6.61. The van der Waals surface area contributed by atoms with E-state index in [9.17, 15) is 9.59 Å². The van der Waals surface area contributed by atoms with Gasteiger partial charge in [-0.05, 0) is 37.0 Å². The highest BCUT2D eigenvalue weighted by molar-refractivity contribution is 5.80. The van der Waals surface area contributed by atoms with Gasteiger partial charge in [0.25, 0.3) is 0 Å². The summed E-state index contributed by atoms with van der Waals surface area (Å²) >= 11 is 0. The standard InChI is InChI=1S/C14H17NO4/c16-12-5-1-9(2-6-12)8-15-13(17)10-3-4-11(7-10)14(18)19/h1-2,5-6,10-11,16H,3-4,7-8H2,(H,15,17)(H,18,19)/t10-,11+/m1/s1. The second-order valence-corrected chi connectivity index (χ2v) is 4.93. The molecule has 0 heterocycles. The lowest BCUT2D eigenvalue weighted by Gasteiger charge is -2.10. The van der Waals surface area contributed by atoms with Crippen LogP contribution in [0.1, 0.15) is 24.8 Å². The van der Waals surface area contributed by atoms with Crippen molar-refractivity contribution >= 4 is 11.9 Å². The van der Waals surface area contributed by atoms with E-state index in [-0.39, 0.29) is 23.5 Å². The minimum absolute atomic E-state index is 0.0863. The van der Waals surface area contributed by atoms with Crippen LogP contribution in [0.4, 0.5) is 0 Å². The number of amides is 1. The molecule has 0 aromatic heterocycles. The Balaban J connectivity index is 1.82. The number of hydrogen-bond donors (Lipinski definition) is 3. The molecule has 3 N–H and O–H groups in total. The smallest absolute Gasteiger partial charge is 0.306 e. The second-order valence-electron chi connectivity index (χ2n) is 4.93. The summed E-state index contributed by atoms with van der Waals surface area (Å²) in [6.07, 6.45) is 1.64. The predicted octanol–water partition coefficient (Wildman–Crippen LogP) is 1.51. The Kier molecular flexibility index (Phi) is 4.04. The normalized spacial score (nSPS) is 22.1. The summed E-state index contributed by atoms with van der Waals surface area (Å²) in [7, 11) is 0. The number of carbonyl (C=O) groups is 2. The van der Waals surface area contributed by atoms with Gasteiger partial charge >= 0.3 is 5.97 Å². The molecule has 0 spiro atoms. The van der Waals surface area contributed by atoms with Gasteiger partial charge in [-0.1, -0.05) is 12.1 Å². The van der Waals surface area contributed by atoms with Gasteiger partial charge in [0.2, 0.25) is 5.91 Å². The zero-order valence-corrected chi connectivity index (χ0v) is 10.5. The van der Waals surface area contributed by atoms with E-state index in [0.717, 1.165) is 5.56 Å². The fourth-order valence-corrected chi connectivity index (χ4v) is 2.39. The van der Waals surface area contributed by atoms with Gasteiger partial charge in [-0.15, -0.1) is 0 Å². The van der Waals surface area contributed by atoms with Crippen LogP contribution in [0.25, 0.3) is 0 Å². The molecule has 2 rings (SSSR count). The first kappa shape index (κ1) is 13.4. The van der Waals surface area contributed by atoms with Crippen molar-refractivity contribution < 1.29 is 19.8 Å². The number of rotatable bonds is 4. The van der Waals surface area contributed by atoms with Gasteiger partial charge in [-0.25, -0.2) is 0 Å². The number of hydrogen-bond acceptors (Lipinski definition) is 3. The summed E-state index contributed by atoms with van der Waals surface area (Å²) in [5.41, 5.74) is 0.902. The van der Waals surface area contributed by atoms with Crippen LogP contribution in [0.15, 0.2) is 24.3 Å². The molecule has 0 saturated heterocycles. The van der Waals surface area contributed by atoms with E-state index in [1.54, 1.807) is 24.3 Å². The molecule has 1 aromatic carbocycles. The van der Waals surface area contributed by atoms with Crippen LogP contribution in [0.5, 0.6) is 5.75 Å². The number of carboxylic acids is 1. The molecule has 1 aliphatic carbocycles. The van der Waals surface area contributed by atoms with Crippen molar-refractivity contribution in [3.8, 4) is 5.75 Å². The monoisotopic (exact) mass is 263 g/mol. The van der Waals surface area contributed by atoms with Crippen LogP contribution in [0, 0.1) is 11.8 Å². The number of aromatic hydroxyl groups is 1. The average Bonchev–Trinajstić information content (AvgIpc) is 2.87. The van der Waals surface area contributed by atoms with Crippen LogP contribution in [0.2, 0.25) is 0 Å². The van der Waals surface area contributed by atoms with Crippen LogP contribution in [0.3, 0.4) is 0 Å². The number of carboxylic acid groups (broad SMARTS) is 1. The van der Waals surface area contributed by atoms with E-state index >= 15 is 0 Å². The highest BCUT2D eigenvalue weighted by Gasteiger charge is 2.33. The lowest BCUT2D eigenvalue weighted by Crippen LogP contribution is -2.29. The minimum atomic E-state index is -0.811. The Morgan fingerprint density at radius 3 is 2.37 bits per heavy atom. The zero-order valence-electron chi connectivity index (χ0n) is 10.5. The first-order chi connectivity index (χ1) is 9.06.